The van der Waals surface area contributed by atoms with Crippen molar-refractivity contribution in [3.63, 3.8) is 0 Å². The van der Waals surface area contributed by atoms with Crippen molar-refractivity contribution in [2.75, 3.05) is 39.2 Å². The molecular formula is C26H37N5O4. The highest BCUT2D eigenvalue weighted by Crippen LogP contribution is 2.27. The number of hydrogen-bond acceptors (Lipinski definition) is 7. The Morgan fingerprint density at radius 2 is 1.97 bits per heavy atom. The molecule has 0 saturated carbocycles. The number of nitrogens with zero attached hydrogens (tertiary/aromatic N) is 4. The summed E-state index contributed by atoms with van der Waals surface area (Å²) >= 11 is 0. The van der Waals surface area contributed by atoms with Gasteiger partial charge in [-0.25, -0.2) is 9.97 Å². The molecule has 1 aliphatic rings. The van der Waals surface area contributed by atoms with Crippen LogP contribution in [0.4, 0.5) is 5.69 Å². The Morgan fingerprint density at radius 1 is 1.23 bits per heavy atom. The lowest BCUT2D eigenvalue weighted by atomic mass is 10.0. The van der Waals surface area contributed by atoms with E-state index in [-0.39, 0.29) is 29.9 Å². The van der Waals surface area contributed by atoms with Crippen LogP contribution in [0.5, 0.6) is 5.75 Å². The molecule has 2 aromatic rings. The molecule has 0 fully saturated rings. The number of nitrogens with one attached hydrogen (secondary N) is 1. The van der Waals surface area contributed by atoms with Crippen LogP contribution in [-0.2, 0) is 16.1 Å². The summed E-state index contributed by atoms with van der Waals surface area (Å²) in [6.45, 7) is 8.43. The van der Waals surface area contributed by atoms with Crippen molar-refractivity contribution < 1.29 is 19.1 Å². The second kappa shape index (κ2) is 12.6. The summed E-state index contributed by atoms with van der Waals surface area (Å²) in [5, 5.41) is 2.89. The first-order valence-corrected chi connectivity index (χ1v) is 12.1. The summed E-state index contributed by atoms with van der Waals surface area (Å²) in [5.41, 5.74) is 2.08. The number of benzene rings is 1. The summed E-state index contributed by atoms with van der Waals surface area (Å²) in [6.07, 6.45) is 6.23. The summed E-state index contributed by atoms with van der Waals surface area (Å²) in [5.74, 6) is 0.406. The zero-order chi connectivity index (χ0) is 25.4. The van der Waals surface area contributed by atoms with Gasteiger partial charge in [-0.1, -0.05) is 13.8 Å². The van der Waals surface area contributed by atoms with Gasteiger partial charge < -0.3 is 19.7 Å². The minimum Gasteiger partial charge on any atom is -0.491 e. The molecule has 1 aromatic heterocycles. The molecule has 0 aliphatic carbocycles. The number of likely N-dealkylation sites (N-methyl/N-ethyl adjacent to an activating group) is 1. The van der Waals surface area contributed by atoms with Gasteiger partial charge in [0.2, 0.25) is 5.91 Å². The molecule has 0 spiro atoms. The van der Waals surface area contributed by atoms with Crippen LogP contribution in [0.3, 0.4) is 0 Å². The van der Waals surface area contributed by atoms with E-state index in [0.717, 1.165) is 18.5 Å². The van der Waals surface area contributed by atoms with Crippen LogP contribution in [0, 0.1) is 5.92 Å². The number of amides is 2. The number of carbonyl (C=O) groups excluding carboxylic acids is 2. The third-order valence-electron chi connectivity index (χ3n) is 6.34. The van der Waals surface area contributed by atoms with Crippen LogP contribution in [-0.4, -0.2) is 77.6 Å². The van der Waals surface area contributed by atoms with Gasteiger partial charge in [-0.3, -0.25) is 14.5 Å². The molecule has 2 heterocycles. The van der Waals surface area contributed by atoms with Crippen molar-refractivity contribution in [2.45, 2.75) is 52.3 Å². The Bertz CT molecular complexity index is 987. The van der Waals surface area contributed by atoms with Crippen LogP contribution in [0.25, 0.3) is 0 Å². The lowest BCUT2D eigenvalue weighted by Gasteiger charge is -2.36. The number of anilines is 1. The van der Waals surface area contributed by atoms with Gasteiger partial charge in [0.05, 0.1) is 11.7 Å². The molecule has 9 nitrogen and oxygen atoms in total. The van der Waals surface area contributed by atoms with E-state index in [1.165, 1.54) is 6.33 Å². The standard InChI is InChI=1S/C26H37N5O4/c1-6-7-25(32)29-21-8-9-22-23(10-21)35-16-19(3)31(14-20-11-27-17-28-12-20)13-18(2)24(34-5)15-30(4)26(22)33/h8-12,17-19,24H,6-7,13-16H2,1-5H3,(H,29,32)/t18-,19-,24-/m0/s1. The molecule has 0 unspecified atom stereocenters. The largest absolute Gasteiger partial charge is 0.491 e. The van der Waals surface area contributed by atoms with Gasteiger partial charge in [-0.2, -0.15) is 0 Å². The number of methoxy groups -OCH3 is 1. The molecule has 0 radical (unpaired) electrons. The highest BCUT2D eigenvalue weighted by Gasteiger charge is 2.28. The van der Waals surface area contributed by atoms with Crippen molar-refractivity contribution in [2.24, 2.45) is 5.92 Å². The van der Waals surface area contributed by atoms with E-state index in [9.17, 15) is 9.59 Å². The van der Waals surface area contributed by atoms with Gasteiger partial charge in [0.15, 0.2) is 0 Å². The molecule has 2 amide bonds. The highest BCUT2D eigenvalue weighted by atomic mass is 16.5. The van der Waals surface area contributed by atoms with Gasteiger partial charge in [0.1, 0.15) is 18.7 Å². The molecule has 190 valence electrons. The second-order valence-corrected chi connectivity index (χ2v) is 9.28. The fraction of sp³-hybridized carbons (Fsp3) is 0.538. The van der Waals surface area contributed by atoms with E-state index in [1.54, 1.807) is 37.3 Å². The zero-order valence-corrected chi connectivity index (χ0v) is 21.4. The Morgan fingerprint density at radius 3 is 2.66 bits per heavy atom. The van der Waals surface area contributed by atoms with E-state index in [2.05, 4.69) is 34.0 Å². The fourth-order valence-corrected chi connectivity index (χ4v) is 4.24. The van der Waals surface area contributed by atoms with Crippen LogP contribution >= 0.6 is 0 Å². The van der Waals surface area contributed by atoms with E-state index in [4.69, 9.17) is 9.47 Å². The van der Waals surface area contributed by atoms with Crippen LogP contribution in [0.1, 0.15) is 49.5 Å². The summed E-state index contributed by atoms with van der Waals surface area (Å²) in [4.78, 5) is 37.7. The van der Waals surface area contributed by atoms with Crippen molar-refractivity contribution >= 4 is 17.5 Å². The van der Waals surface area contributed by atoms with Crippen molar-refractivity contribution in [3.8, 4) is 5.75 Å². The van der Waals surface area contributed by atoms with Gasteiger partial charge in [0.25, 0.3) is 5.91 Å². The summed E-state index contributed by atoms with van der Waals surface area (Å²) < 4.78 is 12.0. The van der Waals surface area contributed by atoms with Crippen molar-refractivity contribution in [1.82, 2.24) is 19.8 Å². The number of aromatic nitrogens is 2. The quantitative estimate of drug-likeness (QED) is 0.674. The first-order valence-electron chi connectivity index (χ1n) is 12.1. The number of ether oxygens (including phenoxy) is 2. The molecule has 3 atom stereocenters. The minimum absolute atomic E-state index is 0.0357. The Labute approximate surface area is 207 Å². The van der Waals surface area contributed by atoms with E-state index >= 15 is 0 Å². The maximum absolute atomic E-state index is 13.3. The van der Waals surface area contributed by atoms with Gasteiger partial charge in [-0.05, 0) is 31.4 Å². The Hall–Kier alpha value is -3.04. The van der Waals surface area contributed by atoms with Gasteiger partial charge in [0, 0.05) is 76.0 Å². The predicted molar refractivity (Wildman–Crippen MR) is 134 cm³/mol. The molecule has 1 N–H and O–H groups in total. The summed E-state index contributed by atoms with van der Waals surface area (Å²) in [6, 6.07) is 5.23. The Kier molecular flexibility index (Phi) is 9.56. The van der Waals surface area contributed by atoms with E-state index in [1.807, 2.05) is 19.3 Å². The van der Waals surface area contributed by atoms with Gasteiger partial charge in [-0.15, -0.1) is 0 Å². The molecule has 35 heavy (non-hydrogen) atoms. The SMILES string of the molecule is CCCC(=O)Nc1ccc2c(c1)OC[C@H](C)N(Cc1cncnc1)C[C@H](C)[C@@H](OC)CN(C)C2=O. The number of carbonyl (C=O) groups is 2. The number of hydrogen-bond donors (Lipinski definition) is 1. The normalized spacial score (nSPS) is 21.9. The lowest BCUT2D eigenvalue weighted by Crippen LogP contribution is -2.46. The number of rotatable bonds is 6. The topological polar surface area (TPSA) is 96.9 Å². The maximum Gasteiger partial charge on any atom is 0.257 e. The third kappa shape index (κ3) is 7.22. The maximum atomic E-state index is 13.3. The summed E-state index contributed by atoms with van der Waals surface area (Å²) in [7, 11) is 3.46. The fourth-order valence-electron chi connectivity index (χ4n) is 4.24. The molecular weight excluding hydrogens is 446 g/mol. The minimum atomic E-state index is -0.146. The van der Waals surface area contributed by atoms with Crippen LogP contribution in [0.15, 0.2) is 36.9 Å². The highest BCUT2D eigenvalue weighted by molar-refractivity contribution is 5.98. The van der Waals surface area contributed by atoms with Crippen LogP contribution in [0.2, 0.25) is 0 Å². The molecule has 1 aliphatic heterocycles. The predicted octanol–water partition coefficient (Wildman–Crippen LogP) is 3.22. The molecule has 3 rings (SSSR count). The zero-order valence-electron chi connectivity index (χ0n) is 21.4. The first kappa shape index (κ1) is 26.6. The van der Waals surface area contributed by atoms with E-state index < -0.39 is 0 Å². The van der Waals surface area contributed by atoms with E-state index in [0.29, 0.717) is 43.1 Å². The monoisotopic (exact) mass is 483 g/mol. The first-order chi connectivity index (χ1) is 16.8. The van der Waals surface area contributed by atoms with Gasteiger partial charge >= 0.3 is 0 Å². The third-order valence-corrected chi connectivity index (χ3v) is 6.34. The van der Waals surface area contributed by atoms with Crippen molar-refractivity contribution in [1.29, 1.82) is 0 Å². The number of fused-ring (bicyclic) bond motifs is 1. The molecule has 0 saturated heterocycles. The second-order valence-electron chi connectivity index (χ2n) is 9.28. The smallest absolute Gasteiger partial charge is 0.257 e. The Balaban J connectivity index is 1.92. The molecule has 9 heteroatoms. The lowest BCUT2D eigenvalue weighted by molar-refractivity contribution is -0.116. The van der Waals surface area contributed by atoms with Crippen LogP contribution < -0.4 is 10.1 Å². The average molecular weight is 484 g/mol. The average Bonchev–Trinajstić information content (AvgIpc) is 2.85. The van der Waals surface area contributed by atoms with Crippen molar-refractivity contribution in [3.05, 3.63) is 48.0 Å². The molecule has 1 aromatic carbocycles. The molecule has 0 bridgehead atoms.